The fourth-order valence-corrected chi connectivity index (χ4v) is 5.62. The first-order chi connectivity index (χ1) is 17.9. The van der Waals surface area contributed by atoms with Gasteiger partial charge in [-0.05, 0) is 25.0 Å². The number of aryl methyl sites for hydroxylation is 2. The molecule has 1 aromatic carbocycles. The minimum Gasteiger partial charge on any atom is -0.403 e. The number of rotatable bonds is 8. The van der Waals surface area contributed by atoms with Crippen molar-refractivity contribution < 1.29 is 22.7 Å². The van der Waals surface area contributed by atoms with Gasteiger partial charge in [-0.2, -0.15) is 15.3 Å². The Morgan fingerprint density at radius 1 is 1.11 bits per heavy atom. The summed E-state index contributed by atoms with van der Waals surface area (Å²) in [7, 11) is -0.456. The Morgan fingerprint density at radius 2 is 1.84 bits per heavy atom. The molecule has 0 aliphatic heterocycles. The van der Waals surface area contributed by atoms with Gasteiger partial charge in [0, 0.05) is 49.8 Å². The molecule has 3 heterocycles. The van der Waals surface area contributed by atoms with Crippen molar-refractivity contribution in [1.29, 1.82) is 0 Å². The first-order valence-corrected chi connectivity index (χ1v) is 14.1. The number of esters is 1. The lowest BCUT2D eigenvalue weighted by atomic mass is 9.99. The van der Waals surface area contributed by atoms with Crippen LogP contribution in [0.4, 0.5) is 0 Å². The SMILES string of the molecule is Cn1cc(C(=O)Oc2c(C(=O)c3ccc(S(C)(=O)=O)c(Cn4cc(Cl)cn4)c3Cl)c(C3CC3)nn2C)cn1. The molecule has 11 nitrogen and oxygen atoms in total. The number of ether oxygens (including phenoxy) is 1. The summed E-state index contributed by atoms with van der Waals surface area (Å²) in [5, 5.41) is 12.9. The smallest absolute Gasteiger partial charge is 0.348 e. The minimum atomic E-state index is -3.70. The van der Waals surface area contributed by atoms with Crippen molar-refractivity contribution in [3.8, 4) is 5.88 Å². The van der Waals surface area contributed by atoms with Crippen LogP contribution in [-0.4, -0.2) is 55.8 Å². The molecule has 4 aromatic rings. The summed E-state index contributed by atoms with van der Waals surface area (Å²) in [6, 6.07) is 2.69. The van der Waals surface area contributed by atoms with Crippen molar-refractivity contribution in [3.63, 3.8) is 0 Å². The first-order valence-electron chi connectivity index (χ1n) is 11.5. The van der Waals surface area contributed by atoms with Crippen LogP contribution in [0.3, 0.4) is 0 Å². The number of carbonyl (C=O) groups is 2. The highest BCUT2D eigenvalue weighted by molar-refractivity contribution is 7.90. The van der Waals surface area contributed by atoms with Gasteiger partial charge in [0.1, 0.15) is 5.56 Å². The standard InChI is InChI=1S/C24H22Cl2N6O5S/c1-30-10-14(8-27-30)24(34)37-23-19(21(13-4-5-13)29-31(23)2)22(33)16-6-7-18(38(3,35)36)17(20(16)26)12-32-11-15(25)9-28-32/h6-11,13H,4-5,12H2,1-3H3. The second-order valence-electron chi connectivity index (χ2n) is 9.12. The van der Waals surface area contributed by atoms with Gasteiger partial charge in [0.2, 0.25) is 11.7 Å². The number of benzene rings is 1. The van der Waals surface area contributed by atoms with Gasteiger partial charge < -0.3 is 4.74 Å². The molecule has 38 heavy (non-hydrogen) atoms. The van der Waals surface area contributed by atoms with E-state index in [1.165, 1.54) is 51.0 Å². The van der Waals surface area contributed by atoms with Crippen LogP contribution in [0.2, 0.25) is 10.0 Å². The molecule has 1 fully saturated rings. The van der Waals surface area contributed by atoms with E-state index in [4.69, 9.17) is 27.9 Å². The van der Waals surface area contributed by atoms with Gasteiger partial charge in [-0.3, -0.25) is 14.2 Å². The zero-order valence-electron chi connectivity index (χ0n) is 20.6. The third kappa shape index (κ3) is 4.98. The molecule has 0 radical (unpaired) electrons. The zero-order valence-corrected chi connectivity index (χ0v) is 22.9. The number of hydrogen-bond donors (Lipinski definition) is 0. The van der Waals surface area contributed by atoms with E-state index in [-0.39, 0.29) is 50.5 Å². The monoisotopic (exact) mass is 576 g/mol. The third-order valence-electron chi connectivity index (χ3n) is 6.11. The molecule has 0 N–H and O–H groups in total. The highest BCUT2D eigenvalue weighted by Gasteiger charge is 2.37. The molecule has 1 aliphatic rings. The molecule has 0 amide bonds. The van der Waals surface area contributed by atoms with Crippen LogP contribution in [0.15, 0.2) is 41.8 Å². The maximum Gasteiger partial charge on any atom is 0.348 e. The van der Waals surface area contributed by atoms with Crippen LogP contribution in [0.1, 0.15) is 56.3 Å². The van der Waals surface area contributed by atoms with Gasteiger partial charge in [0.05, 0.1) is 45.1 Å². The van der Waals surface area contributed by atoms with Gasteiger partial charge in [-0.1, -0.05) is 23.2 Å². The number of carbonyl (C=O) groups excluding carboxylic acids is 2. The maximum atomic E-state index is 14.0. The summed E-state index contributed by atoms with van der Waals surface area (Å²) < 4.78 is 35.0. The predicted molar refractivity (Wildman–Crippen MR) is 138 cm³/mol. The normalized spacial score (nSPS) is 13.6. The molecule has 0 atom stereocenters. The average molecular weight is 577 g/mol. The summed E-state index contributed by atoms with van der Waals surface area (Å²) >= 11 is 12.7. The Labute approximate surface area is 227 Å². The molecule has 1 saturated carbocycles. The summed E-state index contributed by atoms with van der Waals surface area (Å²) in [4.78, 5) is 26.8. The molecule has 1 aliphatic carbocycles. The van der Waals surface area contributed by atoms with Crippen molar-refractivity contribution in [2.75, 3.05) is 6.26 Å². The van der Waals surface area contributed by atoms with E-state index in [1.807, 2.05) is 0 Å². The van der Waals surface area contributed by atoms with Gasteiger partial charge in [-0.25, -0.2) is 17.9 Å². The number of ketones is 1. The average Bonchev–Trinajstić information content (AvgIpc) is 3.33. The van der Waals surface area contributed by atoms with Gasteiger partial charge in [0.15, 0.2) is 9.84 Å². The molecule has 14 heteroatoms. The van der Waals surface area contributed by atoms with E-state index in [0.29, 0.717) is 10.7 Å². The zero-order chi connectivity index (χ0) is 27.4. The van der Waals surface area contributed by atoms with Crippen LogP contribution in [0.25, 0.3) is 0 Å². The molecule has 3 aromatic heterocycles. The predicted octanol–water partition coefficient (Wildman–Crippen LogP) is 3.44. The molecule has 5 rings (SSSR count). The van der Waals surface area contributed by atoms with E-state index >= 15 is 0 Å². The molecule has 0 spiro atoms. The molecule has 198 valence electrons. The number of aromatic nitrogens is 6. The number of hydrogen-bond acceptors (Lipinski definition) is 8. The van der Waals surface area contributed by atoms with Crippen LogP contribution >= 0.6 is 23.2 Å². The highest BCUT2D eigenvalue weighted by atomic mass is 35.5. The quantitative estimate of drug-likeness (QED) is 0.230. The van der Waals surface area contributed by atoms with Crippen LogP contribution in [0, 0.1) is 0 Å². The second-order valence-corrected chi connectivity index (χ2v) is 11.9. The van der Waals surface area contributed by atoms with Crippen molar-refractivity contribution in [3.05, 3.63) is 74.9 Å². The van der Waals surface area contributed by atoms with Crippen molar-refractivity contribution >= 4 is 44.8 Å². The third-order valence-corrected chi connectivity index (χ3v) is 7.92. The van der Waals surface area contributed by atoms with E-state index < -0.39 is 21.6 Å². The fourth-order valence-electron chi connectivity index (χ4n) is 4.17. The summed E-state index contributed by atoms with van der Waals surface area (Å²) in [6.07, 6.45) is 8.50. The topological polar surface area (TPSA) is 131 Å². The van der Waals surface area contributed by atoms with Crippen molar-refractivity contribution in [2.45, 2.75) is 30.2 Å². The molecular weight excluding hydrogens is 555 g/mol. The minimum absolute atomic E-state index is 0.0329. The van der Waals surface area contributed by atoms with Gasteiger partial charge >= 0.3 is 5.97 Å². The number of halogens is 2. The summed E-state index contributed by atoms with van der Waals surface area (Å²) in [5.74, 6) is -1.24. The maximum absolute atomic E-state index is 14.0. The van der Waals surface area contributed by atoms with Crippen LogP contribution in [-0.2, 0) is 30.5 Å². The largest absolute Gasteiger partial charge is 0.403 e. The molecule has 0 saturated heterocycles. The molecule has 0 bridgehead atoms. The first kappa shape index (κ1) is 26.1. The van der Waals surface area contributed by atoms with Crippen molar-refractivity contribution in [2.24, 2.45) is 14.1 Å². The lowest BCUT2D eigenvalue weighted by Crippen LogP contribution is -2.15. The van der Waals surface area contributed by atoms with Crippen LogP contribution in [0.5, 0.6) is 5.88 Å². The fraction of sp³-hybridized carbons (Fsp3) is 0.292. The lowest BCUT2D eigenvalue weighted by Gasteiger charge is -2.14. The van der Waals surface area contributed by atoms with Crippen molar-refractivity contribution in [1.82, 2.24) is 29.3 Å². The second kappa shape index (κ2) is 9.68. The van der Waals surface area contributed by atoms with E-state index in [0.717, 1.165) is 19.1 Å². The van der Waals surface area contributed by atoms with E-state index in [9.17, 15) is 18.0 Å². The Morgan fingerprint density at radius 3 is 2.42 bits per heavy atom. The molecular formula is C24H22Cl2N6O5S. The summed E-state index contributed by atoms with van der Waals surface area (Å²) in [5.41, 5.74) is 1.03. The molecule has 0 unspecified atom stereocenters. The number of nitrogens with zero attached hydrogens (tertiary/aromatic N) is 6. The van der Waals surface area contributed by atoms with Gasteiger partial charge in [-0.15, -0.1) is 0 Å². The summed E-state index contributed by atoms with van der Waals surface area (Å²) in [6.45, 7) is -0.0412. The van der Waals surface area contributed by atoms with E-state index in [2.05, 4.69) is 15.3 Å². The highest BCUT2D eigenvalue weighted by Crippen LogP contribution is 2.44. The Bertz CT molecular complexity index is 1700. The Hall–Kier alpha value is -3.48. The Balaban J connectivity index is 1.61. The van der Waals surface area contributed by atoms with Crippen LogP contribution < -0.4 is 4.74 Å². The van der Waals surface area contributed by atoms with Gasteiger partial charge in [0.25, 0.3) is 0 Å². The lowest BCUT2D eigenvalue weighted by molar-refractivity contribution is 0.0718. The van der Waals surface area contributed by atoms with E-state index in [1.54, 1.807) is 14.1 Å². The Kier molecular flexibility index (Phi) is 6.66. The number of sulfone groups is 1.